The lowest BCUT2D eigenvalue weighted by Crippen LogP contribution is -2.42. The highest BCUT2D eigenvalue weighted by molar-refractivity contribution is 5.77. The summed E-state index contributed by atoms with van der Waals surface area (Å²) >= 11 is 0. The number of aryl methyl sites for hydroxylation is 2. The molecule has 1 atom stereocenters. The van der Waals surface area contributed by atoms with Gasteiger partial charge >= 0.3 is 0 Å². The smallest absolute Gasteiger partial charge is 0.260 e. The molecule has 18 heavy (non-hydrogen) atoms. The van der Waals surface area contributed by atoms with Crippen molar-refractivity contribution in [3.8, 4) is 5.75 Å². The fourth-order valence-electron chi connectivity index (χ4n) is 1.61. The highest BCUT2D eigenvalue weighted by atomic mass is 16.5. The number of likely N-dealkylation sites (N-methyl/N-ethyl adjacent to an activating group) is 1. The Bertz CT molecular complexity index is 418. The van der Waals surface area contributed by atoms with E-state index in [1.807, 2.05) is 39.0 Å². The first-order chi connectivity index (χ1) is 8.45. The van der Waals surface area contributed by atoms with Crippen LogP contribution in [-0.2, 0) is 4.79 Å². The highest BCUT2D eigenvalue weighted by Crippen LogP contribution is 2.18. The summed E-state index contributed by atoms with van der Waals surface area (Å²) in [6.45, 7) is 6.41. The molecule has 1 rings (SSSR count). The Kier molecular flexibility index (Phi) is 5.16. The number of hydrogen-bond acceptors (Lipinski definition) is 3. The number of nitrogens with zero attached hydrogens (tertiary/aromatic N) is 1. The number of amides is 1. The van der Waals surface area contributed by atoms with Crippen LogP contribution in [0.4, 0.5) is 0 Å². The van der Waals surface area contributed by atoms with Crippen LogP contribution in [0, 0.1) is 13.8 Å². The van der Waals surface area contributed by atoms with Gasteiger partial charge in [0.15, 0.2) is 6.61 Å². The molecule has 0 fully saturated rings. The molecule has 0 saturated heterocycles. The summed E-state index contributed by atoms with van der Waals surface area (Å²) < 4.78 is 5.54. The molecule has 1 aromatic carbocycles. The molecule has 0 bridgehead atoms. The molecule has 0 aromatic heterocycles. The molecule has 0 spiro atoms. The van der Waals surface area contributed by atoms with Crippen LogP contribution >= 0.6 is 0 Å². The second-order valence-electron chi connectivity index (χ2n) is 4.65. The highest BCUT2D eigenvalue weighted by Gasteiger charge is 2.15. The van der Waals surface area contributed by atoms with Crippen molar-refractivity contribution < 1.29 is 9.53 Å². The van der Waals surface area contributed by atoms with Gasteiger partial charge in [-0.25, -0.2) is 0 Å². The molecule has 0 aliphatic carbocycles. The van der Waals surface area contributed by atoms with Gasteiger partial charge in [-0.1, -0.05) is 17.7 Å². The molecule has 4 heteroatoms. The lowest BCUT2D eigenvalue weighted by molar-refractivity contribution is -0.133. The molecular formula is C14H22N2O2. The van der Waals surface area contributed by atoms with Crippen LogP contribution in [0.15, 0.2) is 18.2 Å². The maximum Gasteiger partial charge on any atom is 0.260 e. The second-order valence-corrected chi connectivity index (χ2v) is 4.65. The SMILES string of the molecule is Cc1ccc(OCC(=O)N(C)C(C)CN)c(C)c1. The van der Waals surface area contributed by atoms with Gasteiger partial charge in [-0.05, 0) is 32.4 Å². The van der Waals surface area contributed by atoms with Crippen LogP contribution in [0.1, 0.15) is 18.1 Å². The Morgan fingerprint density at radius 2 is 2.11 bits per heavy atom. The number of benzene rings is 1. The predicted molar refractivity (Wildman–Crippen MR) is 72.7 cm³/mol. The fraction of sp³-hybridized carbons (Fsp3) is 0.500. The molecule has 0 aliphatic heterocycles. The van der Waals surface area contributed by atoms with E-state index in [4.69, 9.17) is 10.5 Å². The summed E-state index contributed by atoms with van der Waals surface area (Å²) in [6.07, 6.45) is 0. The van der Waals surface area contributed by atoms with Crippen LogP contribution in [0.2, 0.25) is 0 Å². The number of nitrogens with two attached hydrogens (primary N) is 1. The summed E-state index contributed by atoms with van der Waals surface area (Å²) in [4.78, 5) is 13.5. The standard InChI is InChI=1S/C14H22N2O2/c1-10-5-6-13(11(2)7-10)18-9-14(17)16(4)12(3)8-15/h5-7,12H,8-9,15H2,1-4H3. The molecule has 100 valence electrons. The van der Waals surface area contributed by atoms with E-state index < -0.39 is 0 Å². The van der Waals surface area contributed by atoms with E-state index in [9.17, 15) is 4.79 Å². The Balaban J connectivity index is 2.57. The molecule has 0 heterocycles. The maximum absolute atomic E-state index is 11.8. The van der Waals surface area contributed by atoms with Gasteiger partial charge in [-0.3, -0.25) is 4.79 Å². The Labute approximate surface area is 109 Å². The van der Waals surface area contributed by atoms with Gasteiger partial charge in [0.2, 0.25) is 0 Å². The van der Waals surface area contributed by atoms with Crippen molar-refractivity contribution in [2.75, 3.05) is 20.2 Å². The zero-order chi connectivity index (χ0) is 13.7. The lowest BCUT2D eigenvalue weighted by Gasteiger charge is -2.23. The summed E-state index contributed by atoms with van der Waals surface area (Å²) in [5.41, 5.74) is 7.74. The number of carbonyl (C=O) groups excluding carboxylic acids is 1. The van der Waals surface area contributed by atoms with Crippen molar-refractivity contribution >= 4 is 5.91 Å². The lowest BCUT2D eigenvalue weighted by atomic mass is 10.1. The molecule has 1 unspecified atom stereocenters. The van der Waals surface area contributed by atoms with E-state index in [2.05, 4.69) is 0 Å². The van der Waals surface area contributed by atoms with Crippen molar-refractivity contribution in [1.29, 1.82) is 0 Å². The molecular weight excluding hydrogens is 228 g/mol. The van der Waals surface area contributed by atoms with Crippen molar-refractivity contribution in [3.63, 3.8) is 0 Å². The van der Waals surface area contributed by atoms with Crippen LogP contribution < -0.4 is 10.5 Å². The largest absolute Gasteiger partial charge is 0.484 e. The number of carbonyl (C=O) groups is 1. The molecule has 2 N–H and O–H groups in total. The average molecular weight is 250 g/mol. The van der Waals surface area contributed by atoms with E-state index in [0.29, 0.717) is 6.54 Å². The second kappa shape index (κ2) is 6.40. The predicted octanol–water partition coefficient (Wildman–Crippen LogP) is 1.49. The van der Waals surface area contributed by atoms with Gasteiger partial charge in [0.1, 0.15) is 5.75 Å². The van der Waals surface area contributed by atoms with Gasteiger partial charge < -0.3 is 15.4 Å². The van der Waals surface area contributed by atoms with Crippen LogP contribution in [0.3, 0.4) is 0 Å². The summed E-state index contributed by atoms with van der Waals surface area (Å²) in [5.74, 6) is 0.690. The number of ether oxygens (including phenoxy) is 1. The molecule has 0 radical (unpaired) electrons. The Hall–Kier alpha value is -1.55. The van der Waals surface area contributed by atoms with Gasteiger partial charge in [-0.15, -0.1) is 0 Å². The molecule has 1 amide bonds. The third-order valence-electron chi connectivity index (χ3n) is 3.08. The van der Waals surface area contributed by atoms with Crippen molar-refractivity contribution in [3.05, 3.63) is 29.3 Å². The van der Waals surface area contributed by atoms with Gasteiger partial charge in [0, 0.05) is 19.6 Å². The quantitative estimate of drug-likeness (QED) is 0.861. The Morgan fingerprint density at radius 1 is 1.44 bits per heavy atom. The summed E-state index contributed by atoms with van der Waals surface area (Å²) in [6, 6.07) is 5.93. The fourth-order valence-corrected chi connectivity index (χ4v) is 1.61. The first-order valence-corrected chi connectivity index (χ1v) is 6.11. The molecule has 0 saturated carbocycles. The number of rotatable bonds is 5. The van der Waals surface area contributed by atoms with Crippen molar-refractivity contribution in [1.82, 2.24) is 4.90 Å². The van der Waals surface area contributed by atoms with Crippen molar-refractivity contribution in [2.45, 2.75) is 26.8 Å². The molecule has 4 nitrogen and oxygen atoms in total. The van der Waals surface area contributed by atoms with E-state index in [-0.39, 0.29) is 18.6 Å². The van der Waals surface area contributed by atoms with Crippen molar-refractivity contribution in [2.24, 2.45) is 5.73 Å². The Morgan fingerprint density at radius 3 is 2.67 bits per heavy atom. The zero-order valence-electron chi connectivity index (χ0n) is 11.6. The van der Waals surface area contributed by atoms with Crippen LogP contribution in [0.5, 0.6) is 5.75 Å². The minimum atomic E-state index is -0.0621. The first kappa shape index (κ1) is 14.5. The van der Waals surface area contributed by atoms with E-state index in [1.165, 1.54) is 5.56 Å². The zero-order valence-corrected chi connectivity index (χ0v) is 11.6. The summed E-state index contributed by atoms with van der Waals surface area (Å²) in [5, 5.41) is 0. The third-order valence-corrected chi connectivity index (χ3v) is 3.08. The molecule has 0 aliphatic rings. The van der Waals surface area contributed by atoms with Gasteiger partial charge in [0.25, 0.3) is 5.91 Å². The summed E-state index contributed by atoms with van der Waals surface area (Å²) in [7, 11) is 1.74. The third kappa shape index (κ3) is 3.74. The topological polar surface area (TPSA) is 55.6 Å². The van der Waals surface area contributed by atoms with E-state index in [1.54, 1.807) is 11.9 Å². The normalized spacial score (nSPS) is 12.1. The van der Waals surface area contributed by atoms with Gasteiger partial charge in [-0.2, -0.15) is 0 Å². The van der Waals surface area contributed by atoms with Crippen LogP contribution in [0.25, 0.3) is 0 Å². The van der Waals surface area contributed by atoms with E-state index >= 15 is 0 Å². The monoisotopic (exact) mass is 250 g/mol. The van der Waals surface area contributed by atoms with Gasteiger partial charge in [0.05, 0.1) is 0 Å². The average Bonchev–Trinajstić information content (AvgIpc) is 2.35. The molecule has 1 aromatic rings. The minimum absolute atomic E-state index is 0.0280. The van der Waals surface area contributed by atoms with Crippen LogP contribution in [-0.4, -0.2) is 37.0 Å². The minimum Gasteiger partial charge on any atom is -0.484 e. The van der Waals surface area contributed by atoms with E-state index in [0.717, 1.165) is 11.3 Å². The first-order valence-electron chi connectivity index (χ1n) is 6.11. The number of hydrogen-bond donors (Lipinski definition) is 1. The maximum atomic E-state index is 11.8.